The minimum absolute atomic E-state index is 0.254. The lowest BCUT2D eigenvalue weighted by molar-refractivity contribution is -0.201. The third-order valence-corrected chi connectivity index (χ3v) is 1.66. The summed E-state index contributed by atoms with van der Waals surface area (Å²) in [6, 6.07) is 0. The van der Waals surface area contributed by atoms with Gasteiger partial charge in [-0.05, 0) is 6.92 Å². The molecule has 4 heteroatoms. The lowest BCUT2D eigenvalue weighted by Gasteiger charge is -2.29. The van der Waals surface area contributed by atoms with Crippen LogP contribution in [-0.4, -0.2) is 18.2 Å². The Bertz CT molecular complexity index is 309. The third-order valence-electron chi connectivity index (χ3n) is 1.66. The van der Waals surface area contributed by atoms with Gasteiger partial charge in [-0.15, -0.1) is 0 Å². The highest BCUT2D eigenvalue weighted by Gasteiger charge is 2.31. The van der Waals surface area contributed by atoms with Gasteiger partial charge in [-0.1, -0.05) is 33.9 Å². The van der Waals surface area contributed by atoms with E-state index in [1.165, 1.54) is 6.92 Å². The molecule has 90 valence electrons. The first kappa shape index (κ1) is 14.4. The molecule has 0 heterocycles. The van der Waals surface area contributed by atoms with E-state index in [0.29, 0.717) is 0 Å². The first-order chi connectivity index (χ1) is 7.18. The van der Waals surface area contributed by atoms with Gasteiger partial charge in [0.2, 0.25) is 0 Å². The second-order valence-electron chi connectivity index (χ2n) is 4.52. The Morgan fingerprint density at radius 3 is 2.06 bits per heavy atom. The fourth-order valence-corrected chi connectivity index (χ4v) is 0.729. The number of hydrogen-bond donors (Lipinski definition) is 0. The highest BCUT2D eigenvalue weighted by Crippen LogP contribution is 2.24. The molecule has 16 heavy (non-hydrogen) atoms. The van der Waals surface area contributed by atoms with Crippen molar-refractivity contribution in [2.24, 2.45) is 5.41 Å². The number of ether oxygens (including phenoxy) is 2. The molecule has 0 N–H and O–H groups in total. The Morgan fingerprint density at radius 2 is 1.75 bits per heavy atom. The van der Waals surface area contributed by atoms with E-state index in [2.05, 4.69) is 13.2 Å². The van der Waals surface area contributed by atoms with Gasteiger partial charge in [0.05, 0.1) is 0 Å². The number of carbonyl (C=O) groups excluding carboxylic acids is 2. The van der Waals surface area contributed by atoms with Crippen LogP contribution in [0.25, 0.3) is 0 Å². The zero-order valence-corrected chi connectivity index (χ0v) is 10.2. The summed E-state index contributed by atoms with van der Waals surface area (Å²) in [6.07, 6.45) is 0.0649. The molecule has 0 aromatic heterocycles. The first-order valence-corrected chi connectivity index (χ1v) is 4.88. The second kappa shape index (κ2) is 5.49. The summed E-state index contributed by atoms with van der Waals surface area (Å²) in [6.45, 7) is 13.6. The van der Waals surface area contributed by atoms with Crippen LogP contribution in [0.1, 0.15) is 27.7 Å². The van der Waals surface area contributed by atoms with Gasteiger partial charge >= 0.3 is 11.9 Å². The molecule has 0 bridgehead atoms. The Morgan fingerprint density at radius 1 is 1.25 bits per heavy atom. The van der Waals surface area contributed by atoms with Gasteiger partial charge in [0.1, 0.15) is 0 Å². The fourth-order valence-electron chi connectivity index (χ4n) is 0.729. The predicted molar refractivity (Wildman–Crippen MR) is 60.4 cm³/mol. The normalized spacial score (nSPS) is 12.5. The van der Waals surface area contributed by atoms with Crippen LogP contribution in [0.3, 0.4) is 0 Å². The van der Waals surface area contributed by atoms with Gasteiger partial charge < -0.3 is 9.47 Å². The lowest BCUT2D eigenvalue weighted by atomic mass is 9.96. The van der Waals surface area contributed by atoms with Crippen molar-refractivity contribution in [2.75, 3.05) is 0 Å². The van der Waals surface area contributed by atoms with E-state index in [9.17, 15) is 9.59 Å². The minimum atomic E-state index is -0.956. The maximum absolute atomic E-state index is 11.3. The van der Waals surface area contributed by atoms with Gasteiger partial charge in [0, 0.05) is 17.1 Å². The van der Waals surface area contributed by atoms with E-state index in [0.717, 1.165) is 6.08 Å². The van der Waals surface area contributed by atoms with Crippen molar-refractivity contribution < 1.29 is 19.1 Å². The van der Waals surface area contributed by atoms with E-state index < -0.39 is 23.6 Å². The smallest absolute Gasteiger partial charge is 0.336 e. The van der Waals surface area contributed by atoms with Crippen molar-refractivity contribution in [3.05, 3.63) is 24.8 Å². The van der Waals surface area contributed by atoms with Crippen molar-refractivity contribution in [2.45, 2.75) is 34.0 Å². The Kier molecular flexibility index (Phi) is 4.95. The van der Waals surface area contributed by atoms with Gasteiger partial charge in [-0.2, -0.15) is 0 Å². The van der Waals surface area contributed by atoms with Crippen LogP contribution in [-0.2, 0) is 19.1 Å². The van der Waals surface area contributed by atoms with Crippen molar-refractivity contribution in [3.63, 3.8) is 0 Å². The Hall–Kier alpha value is -1.58. The molecule has 0 fully saturated rings. The zero-order chi connectivity index (χ0) is 12.9. The van der Waals surface area contributed by atoms with E-state index >= 15 is 0 Å². The summed E-state index contributed by atoms with van der Waals surface area (Å²) in [7, 11) is 0. The van der Waals surface area contributed by atoms with E-state index in [1.807, 2.05) is 0 Å². The molecule has 0 aromatic rings. The Labute approximate surface area is 95.9 Å². The van der Waals surface area contributed by atoms with Crippen LogP contribution in [0, 0.1) is 5.41 Å². The molecular formula is C12H18O4. The van der Waals surface area contributed by atoms with Crippen LogP contribution in [0.5, 0.6) is 0 Å². The van der Waals surface area contributed by atoms with Crippen LogP contribution < -0.4 is 0 Å². The van der Waals surface area contributed by atoms with Crippen molar-refractivity contribution in [1.29, 1.82) is 0 Å². The average molecular weight is 226 g/mol. The fraction of sp³-hybridized carbons (Fsp3) is 0.500. The molecular weight excluding hydrogens is 208 g/mol. The van der Waals surface area contributed by atoms with Gasteiger partial charge in [-0.3, -0.25) is 0 Å². The second-order valence-corrected chi connectivity index (χ2v) is 4.52. The molecule has 0 aliphatic carbocycles. The molecule has 4 nitrogen and oxygen atoms in total. The largest absolute Gasteiger partial charge is 0.421 e. The highest BCUT2D eigenvalue weighted by molar-refractivity contribution is 5.87. The molecule has 0 radical (unpaired) electrons. The molecule has 0 saturated carbocycles. The molecule has 0 amide bonds. The molecule has 0 aliphatic rings. The third kappa shape index (κ3) is 4.77. The van der Waals surface area contributed by atoms with E-state index in [1.54, 1.807) is 20.8 Å². The standard InChI is InChI=1S/C12H18O4/c1-7-9(13)15-11(12(4,5)6)16-10(14)8(2)3/h7,11H,1-2H2,3-6H3. The molecule has 0 aliphatic heterocycles. The maximum Gasteiger partial charge on any atom is 0.336 e. The summed E-state index contributed by atoms with van der Waals surface area (Å²) < 4.78 is 9.96. The Balaban J connectivity index is 4.70. The quantitative estimate of drug-likeness (QED) is 0.419. The SMILES string of the molecule is C=CC(=O)OC(OC(=O)C(=C)C)C(C)(C)C. The van der Waals surface area contributed by atoms with E-state index in [-0.39, 0.29) is 5.57 Å². The first-order valence-electron chi connectivity index (χ1n) is 4.88. The monoisotopic (exact) mass is 226 g/mol. The number of hydrogen-bond acceptors (Lipinski definition) is 4. The molecule has 0 rings (SSSR count). The molecule has 1 unspecified atom stereocenters. The van der Waals surface area contributed by atoms with Crippen LogP contribution in [0.15, 0.2) is 24.8 Å². The van der Waals surface area contributed by atoms with Crippen molar-refractivity contribution in [1.82, 2.24) is 0 Å². The maximum atomic E-state index is 11.3. The number of rotatable bonds is 4. The molecule has 0 spiro atoms. The highest BCUT2D eigenvalue weighted by atomic mass is 16.7. The van der Waals surface area contributed by atoms with Crippen LogP contribution in [0.4, 0.5) is 0 Å². The van der Waals surface area contributed by atoms with Crippen LogP contribution in [0.2, 0.25) is 0 Å². The van der Waals surface area contributed by atoms with Gasteiger partial charge in [-0.25, -0.2) is 9.59 Å². The predicted octanol–water partition coefficient (Wildman–Crippen LogP) is 2.21. The summed E-state index contributed by atoms with van der Waals surface area (Å²) in [5.41, 5.74) is -0.257. The van der Waals surface area contributed by atoms with Crippen molar-refractivity contribution >= 4 is 11.9 Å². The zero-order valence-electron chi connectivity index (χ0n) is 10.2. The molecule has 0 saturated heterocycles. The van der Waals surface area contributed by atoms with Gasteiger partial charge in [0.15, 0.2) is 0 Å². The summed E-state index contributed by atoms with van der Waals surface area (Å²) in [4.78, 5) is 22.4. The summed E-state index contributed by atoms with van der Waals surface area (Å²) >= 11 is 0. The number of esters is 2. The topological polar surface area (TPSA) is 52.6 Å². The molecule has 0 aromatic carbocycles. The lowest BCUT2D eigenvalue weighted by Crippen LogP contribution is -2.35. The van der Waals surface area contributed by atoms with Crippen LogP contribution >= 0.6 is 0 Å². The van der Waals surface area contributed by atoms with Crippen molar-refractivity contribution in [3.8, 4) is 0 Å². The molecule has 1 atom stereocenters. The average Bonchev–Trinajstić information content (AvgIpc) is 2.14. The summed E-state index contributed by atoms with van der Waals surface area (Å²) in [5.74, 6) is -1.22. The number of carbonyl (C=O) groups is 2. The summed E-state index contributed by atoms with van der Waals surface area (Å²) in [5, 5.41) is 0. The minimum Gasteiger partial charge on any atom is -0.421 e. The van der Waals surface area contributed by atoms with E-state index in [4.69, 9.17) is 9.47 Å². The van der Waals surface area contributed by atoms with Gasteiger partial charge in [0.25, 0.3) is 6.29 Å².